The van der Waals surface area contributed by atoms with Gasteiger partial charge in [-0.1, -0.05) is 0 Å². The monoisotopic (exact) mass is 199 g/mol. The third-order valence-corrected chi connectivity index (χ3v) is 2.20. The van der Waals surface area contributed by atoms with E-state index in [0.717, 1.165) is 0 Å². The number of halogens is 1. The smallest absolute Gasteiger partial charge is 0.242 e. The Kier molecular flexibility index (Phi) is 2.61. The van der Waals surface area contributed by atoms with Crippen molar-refractivity contribution in [2.24, 2.45) is 0 Å². The highest BCUT2D eigenvalue weighted by molar-refractivity contribution is 6.70. The molecule has 0 aliphatic heterocycles. The van der Waals surface area contributed by atoms with Crippen LogP contribution in [0, 0.1) is 5.82 Å². The van der Waals surface area contributed by atoms with Crippen molar-refractivity contribution in [1.29, 1.82) is 0 Å². The maximum Gasteiger partial charge on any atom is 0.242 e. The van der Waals surface area contributed by atoms with Crippen molar-refractivity contribution in [1.82, 2.24) is 0 Å². The first-order valence-electron chi connectivity index (χ1n) is 4.12. The molecule has 4 heteroatoms. The molecule has 0 amide bonds. The summed E-state index contributed by atoms with van der Waals surface area (Å²) in [7, 11) is -1.75. The minimum atomic E-state index is -1.75. The number of anilines is 1. The molecular weight excluding hydrogens is 185 g/mol. The van der Waals surface area contributed by atoms with Crippen LogP contribution in [0.2, 0.25) is 19.6 Å². The summed E-state index contributed by atoms with van der Waals surface area (Å²) >= 11 is 0. The predicted octanol–water partition coefficient (Wildman–Crippen LogP) is 2.62. The van der Waals surface area contributed by atoms with Crippen LogP contribution in [0.1, 0.15) is 0 Å². The van der Waals surface area contributed by atoms with E-state index in [0.29, 0.717) is 5.69 Å². The Hall–Kier alpha value is -1.03. The molecule has 72 valence electrons. The van der Waals surface area contributed by atoms with Gasteiger partial charge in [0.2, 0.25) is 8.32 Å². The van der Waals surface area contributed by atoms with Crippen LogP contribution in [-0.2, 0) is 0 Å². The van der Waals surface area contributed by atoms with E-state index in [1.807, 2.05) is 19.6 Å². The third-order valence-electron chi connectivity index (χ3n) is 1.37. The Balaban J connectivity index is 2.94. The standard InChI is InChI=1S/C9H14FNOSi/c1-13(2,3)12-9-6-7(11)4-5-8(9)10/h4-6H,11H2,1-3H3. The second kappa shape index (κ2) is 3.37. The molecule has 0 radical (unpaired) electrons. The summed E-state index contributed by atoms with van der Waals surface area (Å²) < 4.78 is 18.6. The molecule has 1 aromatic carbocycles. The zero-order valence-electron chi connectivity index (χ0n) is 8.10. The first-order chi connectivity index (χ1) is 5.88. The quantitative estimate of drug-likeness (QED) is 0.587. The van der Waals surface area contributed by atoms with Crippen LogP contribution >= 0.6 is 0 Å². The van der Waals surface area contributed by atoms with Gasteiger partial charge in [-0.3, -0.25) is 0 Å². The van der Waals surface area contributed by atoms with Crippen LogP contribution < -0.4 is 10.2 Å². The van der Waals surface area contributed by atoms with Crippen molar-refractivity contribution in [2.75, 3.05) is 5.73 Å². The van der Waals surface area contributed by atoms with Gasteiger partial charge in [0, 0.05) is 11.8 Å². The Morgan fingerprint density at radius 2 is 1.92 bits per heavy atom. The Bertz CT molecular complexity index is 309. The molecule has 0 atom stereocenters. The van der Waals surface area contributed by atoms with Crippen LogP contribution in [0.5, 0.6) is 5.75 Å². The highest BCUT2D eigenvalue weighted by atomic mass is 28.4. The lowest BCUT2D eigenvalue weighted by molar-refractivity contribution is 0.496. The molecule has 0 spiro atoms. The maximum atomic E-state index is 13.1. The second-order valence-corrected chi connectivity index (χ2v) is 8.33. The summed E-state index contributed by atoms with van der Waals surface area (Å²) in [4.78, 5) is 0. The van der Waals surface area contributed by atoms with E-state index < -0.39 is 8.32 Å². The molecule has 1 aromatic rings. The summed E-state index contributed by atoms with van der Waals surface area (Å²) in [5.74, 6) is -0.0872. The van der Waals surface area contributed by atoms with Crippen LogP contribution in [0.25, 0.3) is 0 Å². The summed E-state index contributed by atoms with van der Waals surface area (Å²) in [5, 5.41) is 0. The van der Waals surface area contributed by atoms with E-state index in [-0.39, 0.29) is 11.6 Å². The topological polar surface area (TPSA) is 35.2 Å². The predicted molar refractivity (Wildman–Crippen MR) is 54.8 cm³/mol. The minimum Gasteiger partial charge on any atom is -0.542 e. The number of rotatable bonds is 2. The molecule has 0 saturated heterocycles. The van der Waals surface area contributed by atoms with Gasteiger partial charge in [-0.2, -0.15) is 0 Å². The molecular formula is C9H14FNOSi. The van der Waals surface area contributed by atoms with Crippen LogP contribution in [0.4, 0.5) is 10.1 Å². The van der Waals surface area contributed by atoms with Crippen molar-refractivity contribution in [3.05, 3.63) is 24.0 Å². The Morgan fingerprint density at radius 1 is 1.31 bits per heavy atom. The first kappa shape index (κ1) is 10.1. The maximum absolute atomic E-state index is 13.1. The zero-order chi connectivity index (χ0) is 10.1. The van der Waals surface area contributed by atoms with Gasteiger partial charge < -0.3 is 10.2 Å². The fraction of sp³-hybridized carbons (Fsp3) is 0.333. The number of benzene rings is 1. The van der Waals surface area contributed by atoms with Crippen molar-refractivity contribution in [3.8, 4) is 5.75 Å². The molecule has 0 aliphatic carbocycles. The van der Waals surface area contributed by atoms with Gasteiger partial charge in [0.15, 0.2) is 5.82 Å². The van der Waals surface area contributed by atoms with Gasteiger partial charge in [-0.05, 0) is 31.8 Å². The summed E-state index contributed by atoms with van der Waals surface area (Å²) in [6.07, 6.45) is 0. The summed E-state index contributed by atoms with van der Waals surface area (Å²) in [6, 6.07) is 4.37. The molecule has 2 N–H and O–H groups in total. The van der Waals surface area contributed by atoms with Gasteiger partial charge in [-0.15, -0.1) is 0 Å². The van der Waals surface area contributed by atoms with Gasteiger partial charge in [0.25, 0.3) is 0 Å². The first-order valence-corrected chi connectivity index (χ1v) is 7.53. The minimum absolute atomic E-state index is 0.263. The molecule has 0 saturated carbocycles. The molecule has 2 nitrogen and oxygen atoms in total. The molecule has 0 fully saturated rings. The fourth-order valence-electron chi connectivity index (χ4n) is 0.928. The molecule has 1 rings (SSSR count). The lowest BCUT2D eigenvalue weighted by Gasteiger charge is -2.19. The van der Waals surface area contributed by atoms with E-state index in [1.54, 1.807) is 0 Å². The van der Waals surface area contributed by atoms with Crippen LogP contribution in [0.15, 0.2) is 18.2 Å². The third kappa shape index (κ3) is 3.06. The average molecular weight is 199 g/mol. The number of hydrogen-bond donors (Lipinski definition) is 1. The number of nitrogen functional groups attached to an aromatic ring is 1. The van der Waals surface area contributed by atoms with Gasteiger partial charge in [-0.25, -0.2) is 4.39 Å². The number of nitrogens with two attached hydrogens (primary N) is 1. The Labute approximate surface area is 78.6 Å². The largest absolute Gasteiger partial charge is 0.542 e. The zero-order valence-corrected chi connectivity index (χ0v) is 9.10. The average Bonchev–Trinajstić information content (AvgIpc) is 1.94. The van der Waals surface area contributed by atoms with E-state index in [9.17, 15) is 4.39 Å². The molecule has 13 heavy (non-hydrogen) atoms. The molecule has 0 unspecified atom stereocenters. The van der Waals surface area contributed by atoms with Crippen molar-refractivity contribution >= 4 is 14.0 Å². The second-order valence-electron chi connectivity index (χ2n) is 3.90. The van der Waals surface area contributed by atoms with E-state index in [4.69, 9.17) is 10.2 Å². The molecule has 0 heterocycles. The highest BCUT2D eigenvalue weighted by Gasteiger charge is 2.18. The summed E-state index contributed by atoms with van der Waals surface area (Å²) in [5.41, 5.74) is 6.04. The molecule has 0 aliphatic rings. The fourth-order valence-corrected chi connectivity index (χ4v) is 1.74. The lowest BCUT2D eigenvalue weighted by Crippen LogP contribution is -2.29. The van der Waals surface area contributed by atoms with Gasteiger partial charge in [0.05, 0.1) is 0 Å². The number of hydrogen-bond acceptors (Lipinski definition) is 2. The lowest BCUT2D eigenvalue weighted by atomic mass is 10.3. The van der Waals surface area contributed by atoms with Gasteiger partial charge >= 0.3 is 0 Å². The van der Waals surface area contributed by atoms with E-state index in [2.05, 4.69) is 0 Å². The van der Waals surface area contributed by atoms with E-state index in [1.165, 1.54) is 18.2 Å². The molecule has 0 aromatic heterocycles. The van der Waals surface area contributed by atoms with Gasteiger partial charge in [0.1, 0.15) is 5.75 Å². The van der Waals surface area contributed by atoms with Crippen molar-refractivity contribution < 1.29 is 8.82 Å². The summed E-state index contributed by atoms with van der Waals surface area (Å²) in [6.45, 7) is 5.99. The van der Waals surface area contributed by atoms with Crippen LogP contribution in [-0.4, -0.2) is 8.32 Å². The van der Waals surface area contributed by atoms with E-state index >= 15 is 0 Å². The highest BCUT2D eigenvalue weighted by Crippen LogP contribution is 2.22. The normalized spacial score (nSPS) is 11.4. The van der Waals surface area contributed by atoms with Crippen LogP contribution in [0.3, 0.4) is 0 Å². The van der Waals surface area contributed by atoms with Crippen molar-refractivity contribution in [3.63, 3.8) is 0 Å². The SMILES string of the molecule is C[Si](C)(C)Oc1cc(N)ccc1F. The van der Waals surface area contributed by atoms with Crippen molar-refractivity contribution in [2.45, 2.75) is 19.6 Å². The Morgan fingerprint density at radius 3 is 2.46 bits per heavy atom. The molecule has 0 bridgehead atoms.